The highest BCUT2D eigenvalue weighted by Gasteiger charge is 2.44. The second-order valence-corrected chi connectivity index (χ2v) is 5.92. The number of amides is 1. The number of aliphatic hydroxyl groups is 1. The number of benzene rings is 1. The predicted octanol–water partition coefficient (Wildman–Crippen LogP) is 1.15. The number of piperidine rings is 1. The van der Waals surface area contributed by atoms with Gasteiger partial charge in [-0.15, -0.1) is 0 Å². The van der Waals surface area contributed by atoms with E-state index >= 15 is 0 Å². The first-order valence-electron chi connectivity index (χ1n) is 7.49. The molecule has 1 heterocycles. The molecule has 1 amide bonds. The molecule has 1 saturated heterocycles. The zero-order valence-electron chi connectivity index (χ0n) is 11.6. The molecule has 4 nitrogen and oxygen atoms in total. The van der Waals surface area contributed by atoms with Crippen molar-refractivity contribution in [3.8, 4) is 0 Å². The number of hydrogen-bond donors (Lipinski definition) is 3. The van der Waals surface area contributed by atoms with Crippen LogP contribution in [0.1, 0.15) is 31.2 Å². The lowest BCUT2D eigenvalue weighted by Crippen LogP contribution is -2.62. The number of carbonyl (C=O) groups is 1. The Morgan fingerprint density at radius 2 is 2.05 bits per heavy atom. The van der Waals surface area contributed by atoms with Crippen LogP contribution in [-0.4, -0.2) is 30.2 Å². The molecule has 2 atom stereocenters. The molecule has 1 aromatic rings. The maximum Gasteiger partial charge on any atom is 0.223 e. The normalized spacial score (nSPS) is 30.6. The van der Waals surface area contributed by atoms with Crippen LogP contribution in [0.2, 0.25) is 0 Å². The first-order valence-corrected chi connectivity index (χ1v) is 7.49. The molecule has 1 saturated carbocycles. The van der Waals surface area contributed by atoms with E-state index in [1.165, 1.54) is 0 Å². The summed E-state index contributed by atoms with van der Waals surface area (Å²) in [4.78, 5) is 12.4. The number of nitrogens with one attached hydrogen (secondary N) is 2. The fourth-order valence-electron chi connectivity index (χ4n) is 3.15. The standard InChI is InChI=1S/C16H22N2O2/c19-14-11-17-10-9-16(14,13-7-2-1-3-8-13)18-15(20)12-5-4-6-12/h1-3,7-8,12,14,17,19H,4-6,9-11H2,(H,18,20)/t14-,16+/m1/s1. The molecule has 20 heavy (non-hydrogen) atoms. The quantitative estimate of drug-likeness (QED) is 0.775. The van der Waals surface area contributed by atoms with Crippen LogP contribution in [0.15, 0.2) is 30.3 Å². The Labute approximate surface area is 119 Å². The van der Waals surface area contributed by atoms with Crippen LogP contribution in [-0.2, 0) is 10.3 Å². The third kappa shape index (κ3) is 2.34. The van der Waals surface area contributed by atoms with Gasteiger partial charge in [-0.25, -0.2) is 0 Å². The summed E-state index contributed by atoms with van der Waals surface area (Å²) in [5.41, 5.74) is 0.362. The van der Waals surface area contributed by atoms with Gasteiger partial charge in [0.05, 0.1) is 11.6 Å². The summed E-state index contributed by atoms with van der Waals surface area (Å²) in [7, 11) is 0. The molecule has 0 radical (unpaired) electrons. The lowest BCUT2D eigenvalue weighted by molar-refractivity contribution is -0.132. The molecule has 0 unspecified atom stereocenters. The summed E-state index contributed by atoms with van der Waals surface area (Å²) in [6, 6.07) is 9.87. The molecule has 3 N–H and O–H groups in total. The smallest absolute Gasteiger partial charge is 0.223 e. The maximum atomic E-state index is 12.4. The molecule has 1 aliphatic heterocycles. The Morgan fingerprint density at radius 1 is 1.30 bits per heavy atom. The average molecular weight is 274 g/mol. The molecule has 3 rings (SSSR count). The number of β-amino-alcohol motifs (C(OH)–C–C–N with tert-alkyl or cyclic N) is 1. The van der Waals surface area contributed by atoms with E-state index in [1.807, 2.05) is 30.3 Å². The van der Waals surface area contributed by atoms with Gasteiger partial charge in [0.25, 0.3) is 0 Å². The fourth-order valence-corrected chi connectivity index (χ4v) is 3.15. The molecular formula is C16H22N2O2. The van der Waals surface area contributed by atoms with Gasteiger partial charge in [0.2, 0.25) is 5.91 Å². The van der Waals surface area contributed by atoms with Gasteiger partial charge < -0.3 is 15.7 Å². The molecule has 4 heteroatoms. The Morgan fingerprint density at radius 3 is 2.65 bits per heavy atom. The Bertz CT molecular complexity index is 473. The van der Waals surface area contributed by atoms with Gasteiger partial charge in [0.1, 0.15) is 0 Å². The van der Waals surface area contributed by atoms with Crippen molar-refractivity contribution in [1.82, 2.24) is 10.6 Å². The summed E-state index contributed by atoms with van der Waals surface area (Å²) in [5, 5.41) is 16.9. The lowest BCUT2D eigenvalue weighted by Gasteiger charge is -2.44. The van der Waals surface area contributed by atoms with Gasteiger partial charge >= 0.3 is 0 Å². The highest BCUT2D eigenvalue weighted by Crippen LogP contribution is 2.33. The second-order valence-electron chi connectivity index (χ2n) is 5.92. The van der Waals surface area contributed by atoms with Crippen molar-refractivity contribution in [3.63, 3.8) is 0 Å². The van der Waals surface area contributed by atoms with Crippen molar-refractivity contribution in [2.75, 3.05) is 13.1 Å². The van der Waals surface area contributed by atoms with Crippen LogP contribution in [0.25, 0.3) is 0 Å². The van der Waals surface area contributed by atoms with Gasteiger partial charge in [-0.2, -0.15) is 0 Å². The summed E-state index contributed by atoms with van der Waals surface area (Å²) in [6.07, 6.45) is 3.22. The molecule has 2 aliphatic rings. The fraction of sp³-hybridized carbons (Fsp3) is 0.562. The Kier molecular flexibility index (Phi) is 3.76. The van der Waals surface area contributed by atoms with Crippen LogP contribution >= 0.6 is 0 Å². The van der Waals surface area contributed by atoms with Crippen LogP contribution < -0.4 is 10.6 Å². The van der Waals surface area contributed by atoms with Crippen LogP contribution in [0.3, 0.4) is 0 Å². The van der Waals surface area contributed by atoms with E-state index in [-0.39, 0.29) is 11.8 Å². The zero-order chi connectivity index (χ0) is 14.0. The SMILES string of the molecule is O=C(N[C@]1(c2ccccc2)CCNC[C@H]1O)C1CCC1. The van der Waals surface area contributed by atoms with E-state index < -0.39 is 11.6 Å². The number of aliphatic hydroxyl groups excluding tert-OH is 1. The van der Waals surface area contributed by atoms with Crippen molar-refractivity contribution in [3.05, 3.63) is 35.9 Å². The first-order chi connectivity index (χ1) is 9.72. The van der Waals surface area contributed by atoms with Crippen molar-refractivity contribution in [2.24, 2.45) is 5.92 Å². The van der Waals surface area contributed by atoms with Crippen LogP contribution in [0, 0.1) is 5.92 Å². The minimum Gasteiger partial charge on any atom is -0.389 e. The van der Waals surface area contributed by atoms with E-state index in [0.29, 0.717) is 6.54 Å². The lowest BCUT2D eigenvalue weighted by atomic mass is 9.77. The van der Waals surface area contributed by atoms with E-state index in [2.05, 4.69) is 10.6 Å². The molecule has 1 aliphatic carbocycles. The average Bonchev–Trinajstić information content (AvgIpc) is 2.40. The topological polar surface area (TPSA) is 61.4 Å². The first kappa shape index (κ1) is 13.6. The van der Waals surface area contributed by atoms with Crippen molar-refractivity contribution in [2.45, 2.75) is 37.3 Å². The van der Waals surface area contributed by atoms with Crippen molar-refractivity contribution < 1.29 is 9.90 Å². The van der Waals surface area contributed by atoms with E-state index in [4.69, 9.17) is 0 Å². The summed E-state index contributed by atoms with van der Waals surface area (Å²) in [5.74, 6) is 0.235. The molecule has 0 aromatic heterocycles. The molecule has 108 valence electrons. The Hall–Kier alpha value is -1.39. The van der Waals surface area contributed by atoms with Gasteiger partial charge in [-0.05, 0) is 31.4 Å². The zero-order valence-corrected chi connectivity index (χ0v) is 11.6. The third-order valence-electron chi connectivity index (χ3n) is 4.71. The summed E-state index contributed by atoms with van der Waals surface area (Å²) >= 11 is 0. The number of hydrogen-bond acceptors (Lipinski definition) is 3. The summed E-state index contributed by atoms with van der Waals surface area (Å²) < 4.78 is 0. The Balaban J connectivity index is 1.88. The molecule has 0 spiro atoms. The van der Waals surface area contributed by atoms with Crippen LogP contribution in [0.4, 0.5) is 0 Å². The van der Waals surface area contributed by atoms with E-state index in [1.54, 1.807) is 0 Å². The van der Waals surface area contributed by atoms with Crippen molar-refractivity contribution >= 4 is 5.91 Å². The van der Waals surface area contributed by atoms with Crippen molar-refractivity contribution in [1.29, 1.82) is 0 Å². The summed E-state index contributed by atoms with van der Waals surface area (Å²) in [6.45, 7) is 1.32. The van der Waals surface area contributed by atoms with Gasteiger partial charge in [-0.3, -0.25) is 4.79 Å². The van der Waals surface area contributed by atoms with Gasteiger partial charge in [0.15, 0.2) is 0 Å². The minimum absolute atomic E-state index is 0.0982. The number of rotatable bonds is 3. The van der Waals surface area contributed by atoms with Gasteiger partial charge in [0, 0.05) is 12.5 Å². The monoisotopic (exact) mass is 274 g/mol. The highest BCUT2D eigenvalue weighted by molar-refractivity contribution is 5.80. The molecule has 2 fully saturated rings. The number of carbonyl (C=O) groups excluding carboxylic acids is 1. The third-order valence-corrected chi connectivity index (χ3v) is 4.71. The molecular weight excluding hydrogens is 252 g/mol. The highest BCUT2D eigenvalue weighted by atomic mass is 16.3. The maximum absolute atomic E-state index is 12.4. The van der Waals surface area contributed by atoms with E-state index in [0.717, 1.165) is 37.8 Å². The minimum atomic E-state index is -0.640. The molecule has 1 aromatic carbocycles. The predicted molar refractivity (Wildman–Crippen MR) is 77.1 cm³/mol. The largest absolute Gasteiger partial charge is 0.389 e. The van der Waals surface area contributed by atoms with Gasteiger partial charge in [-0.1, -0.05) is 36.8 Å². The molecule has 0 bridgehead atoms. The van der Waals surface area contributed by atoms with E-state index in [9.17, 15) is 9.90 Å². The van der Waals surface area contributed by atoms with Crippen LogP contribution in [0.5, 0.6) is 0 Å². The second kappa shape index (κ2) is 5.54.